The van der Waals surface area contributed by atoms with Crippen molar-refractivity contribution in [2.24, 2.45) is 0 Å². The van der Waals surface area contributed by atoms with E-state index in [1.165, 1.54) is 5.56 Å². The molecule has 1 aromatic heterocycles. The Kier molecular flexibility index (Phi) is 8.05. The van der Waals surface area contributed by atoms with Gasteiger partial charge in [-0.05, 0) is 92.8 Å². The van der Waals surface area contributed by atoms with E-state index in [9.17, 15) is 14.4 Å². The third-order valence-electron chi connectivity index (χ3n) is 7.28. The summed E-state index contributed by atoms with van der Waals surface area (Å²) in [5, 5.41) is 10.2. The van der Waals surface area contributed by atoms with Crippen LogP contribution < -0.4 is 10.6 Å². The molecule has 3 amide bonds. The number of aromatic nitrogens is 2. The van der Waals surface area contributed by atoms with Crippen molar-refractivity contribution in [3.63, 3.8) is 0 Å². The zero-order chi connectivity index (χ0) is 28.1. The molecule has 0 saturated carbocycles. The maximum atomic E-state index is 13.1. The van der Waals surface area contributed by atoms with Crippen molar-refractivity contribution in [1.82, 2.24) is 14.7 Å². The molecule has 2 heterocycles. The maximum Gasteiger partial charge on any atom is 0.273 e. The molecule has 0 spiro atoms. The molecule has 1 aliphatic heterocycles. The van der Waals surface area contributed by atoms with Gasteiger partial charge >= 0.3 is 0 Å². The molecule has 0 radical (unpaired) electrons. The van der Waals surface area contributed by atoms with Gasteiger partial charge in [0, 0.05) is 42.1 Å². The predicted molar refractivity (Wildman–Crippen MR) is 156 cm³/mol. The third-order valence-corrected chi connectivity index (χ3v) is 7.28. The van der Waals surface area contributed by atoms with Crippen LogP contribution in [0.25, 0.3) is 0 Å². The molecule has 8 heteroatoms. The Labute approximate surface area is 234 Å². The van der Waals surface area contributed by atoms with Crippen molar-refractivity contribution in [3.05, 3.63) is 113 Å². The standard InChI is InChI=1S/C32H33N5O3/c1-3-37-29(21-22(2)35-37)31(39)34-28-13-9-23(10-14-28)24-17-19-36(20-18-24)32(40)26-11-15-27(16-12-26)33-30(38)25-7-5-4-6-8-25/h4-16,21,24H,3,17-20H2,1-2H3,(H,33,38)(H,34,39). The van der Waals surface area contributed by atoms with E-state index in [1.54, 1.807) is 47.1 Å². The molecular formula is C32H33N5O3. The molecule has 0 unspecified atom stereocenters. The summed E-state index contributed by atoms with van der Waals surface area (Å²) in [6.07, 6.45) is 1.75. The van der Waals surface area contributed by atoms with Crippen molar-refractivity contribution < 1.29 is 14.4 Å². The number of likely N-dealkylation sites (tertiary alicyclic amines) is 1. The van der Waals surface area contributed by atoms with Gasteiger partial charge in [-0.15, -0.1) is 0 Å². The lowest BCUT2D eigenvalue weighted by Gasteiger charge is -2.32. The fraction of sp³-hybridized carbons (Fsp3) is 0.250. The second-order valence-corrected chi connectivity index (χ2v) is 10.0. The van der Waals surface area contributed by atoms with E-state index >= 15 is 0 Å². The highest BCUT2D eigenvalue weighted by Crippen LogP contribution is 2.30. The van der Waals surface area contributed by atoms with E-state index in [0.717, 1.165) is 24.2 Å². The van der Waals surface area contributed by atoms with Gasteiger partial charge in [0.25, 0.3) is 17.7 Å². The largest absolute Gasteiger partial charge is 0.339 e. The maximum absolute atomic E-state index is 13.1. The lowest BCUT2D eigenvalue weighted by molar-refractivity contribution is 0.0712. The number of nitrogens with zero attached hydrogens (tertiary/aromatic N) is 3. The summed E-state index contributed by atoms with van der Waals surface area (Å²) in [6, 6.07) is 25.8. The summed E-state index contributed by atoms with van der Waals surface area (Å²) in [4.78, 5) is 40.1. The lowest BCUT2D eigenvalue weighted by atomic mass is 9.89. The van der Waals surface area contributed by atoms with Gasteiger partial charge in [0.15, 0.2) is 0 Å². The van der Waals surface area contributed by atoms with Gasteiger partial charge < -0.3 is 15.5 Å². The Balaban J connectivity index is 1.13. The van der Waals surface area contributed by atoms with Gasteiger partial charge in [-0.25, -0.2) is 0 Å². The Morgan fingerprint density at radius 3 is 2.02 bits per heavy atom. The Morgan fingerprint density at radius 2 is 1.40 bits per heavy atom. The molecule has 8 nitrogen and oxygen atoms in total. The van der Waals surface area contributed by atoms with Crippen molar-refractivity contribution >= 4 is 29.1 Å². The van der Waals surface area contributed by atoms with Gasteiger partial charge in [-0.1, -0.05) is 30.3 Å². The van der Waals surface area contributed by atoms with Crippen LogP contribution in [0.1, 0.15) is 68.1 Å². The highest BCUT2D eigenvalue weighted by atomic mass is 16.2. The number of benzene rings is 3. The van der Waals surface area contributed by atoms with E-state index in [-0.39, 0.29) is 17.7 Å². The van der Waals surface area contributed by atoms with Crippen LogP contribution in [-0.4, -0.2) is 45.5 Å². The minimum absolute atomic E-state index is 0.000923. The first kappa shape index (κ1) is 26.9. The number of carbonyl (C=O) groups is 3. The van der Waals surface area contributed by atoms with Gasteiger partial charge in [0.05, 0.1) is 5.69 Å². The zero-order valence-corrected chi connectivity index (χ0v) is 22.8. The monoisotopic (exact) mass is 535 g/mol. The summed E-state index contributed by atoms with van der Waals surface area (Å²) in [6.45, 7) is 5.82. The summed E-state index contributed by atoms with van der Waals surface area (Å²) >= 11 is 0. The number of rotatable bonds is 7. The van der Waals surface area contributed by atoms with Crippen LogP contribution in [-0.2, 0) is 6.54 Å². The third kappa shape index (κ3) is 6.12. The lowest BCUT2D eigenvalue weighted by Crippen LogP contribution is -2.37. The predicted octanol–water partition coefficient (Wildman–Crippen LogP) is 5.74. The Bertz CT molecular complexity index is 1490. The first-order valence-electron chi connectivity index (χ1n) is 13.6. The molecule has 204 valence electrons. The van der Waals surface area contributed by atoms with Crippen LogP contribution in [0, 0.1) is 6.92 Å². The second kappa shape index (κ2) is 12.0. The fourth-order valence-corrected chi connectivity index (χ4v) is 5.09. The summed E-state index contributed by atoms with van der Waals surface area (Å²) in [7, 11) is 0. The summed E-state index contributed by atoms with van der Waals surface area (Å²) < 4.78 is 1.70. The molecule has 5 rings (SSSR count). The van der Waals surface area contributed by atoms with Gasteiger partial charge in [-0.3, -0.25) is 19.1 Å². The molecule has 0 bridgehead atoms. The molecule has 2 N–H and O–H groups in total. The molecule has 1 aliphatic rings. The number of piperidine rings is 1. The number of carbonyl (C=O) groups excluding carboxylic acids is 3. The zero-order valence-electron chi connectivity index (χ0n) is 22.8. The number of hydrogen-bond donors (Lipinski definition) is 2. The molecule has 3 aromatic carbocycles. The Morgan fingerprint density at radius 1 is 0.800 bits per heavy atom. The molecular weight excluding hydrogens is 502 g/mol. The molecule has 40 heavy (non-hydrogen) atoms. The topological polar surface area (TPSA) is 96.3 Å². The number of aryl methyl sites for hydroxylation is 2. The van der Waals surface area contributed by atoms with E-state index in [2.05, 4.69) is 27.9 Å². The summed E-state index contributed by atoms with van der Waals surface area (Å²) in [5.74, 6) is -0.00243. The molecule has 0 atom stereocenters. The highest BCUT2D eigenvalue weighted by Gasteiger charge is 2.25. The van der Waals surface area contributed by atoms with E-state index in [1.807, 2.05) is 49.1 Å². The van der Waals surface area contributed by atoms with Crippen LogP contribution in [0.4, 0.5) is 11.4 Å². The van der Waals surface area contributed by atoms with Crippen LogP contribution in [0.2, 0.25) is 0 Å². The van der Waals surface area contributed by atoms with Crippen molar-refractivity contribution in [3.8, 4) is 0 Å². The van der Waals surface area contributed by atoms with Crippen LogP contribution >= 0.6 is 0 Å². The fourth-order valence-electron chi connectivity index (χ4n) is 5.09. The number of nitrogens with one attached hydrogen (secondary N) is 2. The van der Waals surface area contributed by atoms with E-state index in [0.29, 0.717) is 48.1 Å². The molecule has 0 aliphatic carbocycles. The van der Waals surface area contributed by atoms with E-state index < -0.39 is 0 Å². The van der Waals surface area contributed by atoms with E-state index in [4.69, 9.17) is 0 Å². The first-order chi connectivity index (χ1) is 19.4. The molecule has 1 fully saturated rings. The summed E-state index contributed by atoms with van der Waals surface area (Å²) in [5.41, 5.74) is 5.15. The van der Waals surface area contributed by atoms with Crippen LogP contribution in [0.3, 0.4) is 0 Å². The molecule has 4 aromatic rings. The van der Waals surface area contributed by atoms with Crippen LogP contribution in [0.15, 0.2) is 84.9 Å². The van der Waals surface area contributed by atoms with Crippen molar-refractivity contribution in [1.29, 1.82) is 0 Å². The highest BCUT2D eigenvalue weighted by molar-refractivity contribution is 6.04. The Hall–Kier alpha value is -4.72. The number of anilines is 2. The first-order valence-corrected chi connectivity index (χ1v) is 13.6. The SMILES string of the molecule is CCn1nc(C)cc1C(=O)Nc1ccc(C2CCN(C(=O)c3ccc(NC(=O)c4ccccc4)cc3)CC2)cc1. The van der Waals surface area contributed by atoms with Crippen molar-refractivity contribution in [2.45, 2.75) is 39.2 Å². The molecule has 1 saturated heterocycles. The normalized spacial score (nSPS) is 13.6. The second-order valence-electron chi connectivity index (χ2n) is 10.0. The van der Waals surface area contributed by atoms with Gasteiger partial charge in [0.2, 0.25) is 0 Å². The van der Waals surface area contributed by atoms with Crippen LogP contribution in [0.5, 0.6) is 0 Å². The minimum atomic E-state index is -0.184. The number of hydrogen-bond acceptors (Lipinski definition) is 4. The quantitative estimate of drug-likeness (QED) is 0.316. The number of amides is 3. The minimum Gasteiger partial charge on any atom is -0.339 e. The average Bonchev–Trinajstić information content (AvgIpc) is 3.39. The van der Waals surface area contributed by atoms with Gasteiger partial charge in [0.1, 0.15) is 5.69 Å². The average molecular weight is 536 g/mol. The van der Waals surface area contributed by atoms with Crippen molar-refractivity contribution in [2.75, 3.05) is 23.7 Å². The smallest absolute Gasteiger partial charge is 0.273 e. The van der Waals surface area contributed by atoms with Gasteiger partial charge in [-0.2, -0.15) is 5.10 Å².